The average molecular weight is 237 g/mol. The van der Waals surface area contributed by atoms with Crippen LogP contribution in [-0.2, 0) is 0 Å². The maximum absolute atomic E-state index is 12.0. The van der Waals surface area contributed by atoms with Gasteiger partial charge in [0.2, 0.25) is 0 Å². The van der Waals surface area contributed by atoms with Gasteiger partial charge in [-0.15, -0.1) is 0 Å². The zero-order valence-electron chi connectivity index (χ0n) is 9.56. The van der Waals surface area contributed by atoms with Gasteiger partial charge in [-0.2, -0.15) is 0 Å². The third kappa shape index (κ3) is 2.47. The molecule has 1 aromatic rings. The van der Waals surface area contributed by atoms with Gasteiger partial charge < -0.3 is 15.3 Å². The fourth-order valence-corrected chi connectivity index (χ4v) is 2.01. The van der Waals surface area contributed by atoms with Crippen LogP contribution in [-0.4, -0.2) is 47.1 Å². The molecule has 92 valence electrons. The predicted octanol–water partition coefficient (Wildman–Crippen LogP) is -0.486. The molecule has 2 heterocycles. The summed E-state index contributed by atoms with van der Waals surface area (Å²) in [6, 6.07) is 2.78. The number of aromatic amines is 1. The maximum atomic E-state index is 12.0. The van der Waals surface area contributed by atoms with Crippen LogP contribution in [0.3, 0.4) is 0 Å². The van der Waals surface area contributed by atoms with E-state index in [9.17, 15) is 14.7 Å². The standard InChI is InChI=1S/C11H15N3O3/c1-12-8-2-3-14(6-8)11(17)7-4-9(15)13-10(16)5-7/h4-5,8,12H,2-3,6H2,1H3,(H2,13,15,16). The van der Waals surface area contributed by atoms with Crippen LogP contribution in [0.15, 0.2) is 16.9 Å². The Morgan fingerprint density at radius 3 is 2.94 bits per heavy atom. The Kier molecular flexibility index (Phi) is 3.14. The van der Waals surface area contributed by atoms with Crippen molar-refractivity contribution in [1.29, 1.82) is 0 Å². The maximum Gasteiger partial charge on any atom is 0.254 e. The summed E-state index contributed by atoms with van der Waals surface area (Å²) in [6.45, 7) is 1.29. The first kappa shape index (κ1) is 11.7. The van der Waals surface area contributed by atoms with E-state index in [1.807, 2.05) is 7.05 Å². The Morgan fingerprint density at radius 2 is 2.35 bits per heavy atom. The lowest BCUT2D eigenvalue weighted by atomic mass is 10.2. The molecule has 1 atom stereocenters. The summed E-state index contributed by atoms with van der Waals surface area (Å²) in [7, 11) is 1.86. The van der Waals surface area contributed by atoms with Crippen molar-refractivity contribution >= 4 is 5.91 Å². The van der Waals surface area contributed by atoms with Gasteiger partial charge in [0.05, 0.1) is 5.56 Å². The van der Waals surface area contributed by atoms with E-state index < -0.39 is 5.56 Å². The number of carbonyl (C=O) groups excluding carboxylic acids is 1. The summed E-state index contributed by atoms with van der Waals surface area (Å²) in [5.41, 5.74) is -0.249. The molecule has 1 aliphatic rings. The molecule has 0 bridgehead atoms. The highest BCUT2D eigenvalue weighted by molar-refractivity contribution is 5.94. The SMILES string of the molecule is CNC1CCN(C(=O)c2cc(O)[nH]c(=O)c2)C1. The van der Waals surface area contributed by atoms with E-state index in [4.69, 9.17) is 0 Å². The summed E-state index contributed by atoms with van der Waals surface area (Å²) in [5.74, 6) is -0.505. The Hall–Kier alpha value is -1.82. The quantitative estimate of drug-likeness (QED) is 0.648. The summed E-state index contributed by atoms with van der Waals surface area (Å²) in [5, 5.41) is 12.4. The normalized spacial score (nSPS) is 19.6. The molecule has 0 aromatic carbocycles. The second kappa shape index (κ2) is 4.58. The molecule has 1 amide bonds. The number of pyridine rings is 1. The van der Waals surface area contributed by atoms with E-state index in [0.29, 0.717) is 19.1 Å². The summed E-state index contributed by atoms with van der Waals surface area (Å²) in [4.78, 5) is 27.1. The van der Waals surface area contributed by atoms with Gasteiger partial charge in [0, 0.05) is 31.3 Å². The molecule has 2 rings (SSSR count). The average Bonchev–Trinajstić information content (AvgIpc) is 2.75. The highest BCUT2D eigenvalue weighted by atomic mass is 16.3. The third-order valence-corrected chi connectivity index (χ3v) is 2.96. The number of nitrogens with zero attached hydrogens (tertiary/aromatic N) is 1. The van der Waals surface area contributed by atoms with Gasteiger partial charge in [-0.25, -0.2) is 0 Å². The van der Waals surface area contributed by atoms with E-state index in [2.05, 4.69) is 10.3 Å². The van der Waals surface area contributed by atoms with Crippen molar-refractivity contribution in [3.63, 3.8) is 0 Å². The van der Waals surface area contributed by atoms with Crippen molar-refractivity contribution in [3.05, 3.63) is 28.0 Å². The fourth-order valence-electron chi connectivity index (χ4n) is 2.01. The molecule has 0 saturated carbocycles. The second-order valence-corrected chi connectivity index (χ2v) is 4.14. The van der Waals surface area contributed by atoms with Crippen LogP contribution in [0.1, 0.15) is 16.8 Å². The number of aromatic hydroxyl groups is 1. The summed E-state index contributed by atoms with van der Waals surface area (Å²) >= 11 is 0. The number of amides is 1. The monoisotopic (exact) mass is 237 g/mol. The first-order valence-corrected chi connectivity index (χ1v) is 5.50. The van der Waals surface area contributed by atoms with Gasteiger partial charge in [-0.3, -0.25) is 14.6 Å². The number of H-pyrrole nitrogens is 1. The van der Waals surface area contributed by atoms with E-state index in [-0.39, 0.29) is 17.4 Å². The second-order valence-electron chi connectivity index (χ2n) is 4.14. The van der Waals surface area contributed by atoms with Crippen molar-refractivity contribution in [2.24, 2.45) is 0 Å². The fraction of sp³-hybridized carbons (Fsp3) is 0.455. The van der Waals surface area contributed by atoms with Crippen LogP contribution >= 0.6 is 0 Å². The molecule has 1 aromatic heterocycles. The zero-order valence-corrected chi connectivity index (χ0v) is 9.56. The van der Waals surface area contributed by atoms with Gasteiger partial charge in [0.25, 0.3) is 11.5 Å². The highest BCUT2D eigenvalue weighted by Gasteiger charge is 2.26. The minimum Gasteiger partial charge on any atom is -0.494 e. The summed E-state index contributed by atoms with van der Waals surface area (Å²) in [6.07, 6.45) is 0.900. The largest absolute Gasteiger partial charge is 0.494 e. The molecule has 0 radical (unpaired) electrons. The van der Waals surface area contributed by atoms with Crippen LogP contribution in [0.25, 0.3) is 0 Å². The lowest BCUT2D eigenvalue weighted by Crippen LogP contribution is -2.33. The summed E-state index contributed by atoms with van der Waals surface area (Å²) < 4.78 is 0. The Labute approximate surface area is 98.3 Å². The van der Waals surface area contributed by atoms with Crippen LogP contribution in [0, 0.1) is 0 Å². The minimum atomic E-state index is -0.474. The molecule has 17 heavy (non-hydrogen) atoms. The molecular formula is C11H15N3O3. The van der Waals surface area contributed by atoms with E-state index >= 15 is 0 Å². The number of hydrogen-bond donors (Lipinski definition) is 3. The Morgan fingerprint density at radius 1 is 1.59 bits per heavy atom. The van der Waals surface area contributed by atoms with Gasteiger partial charge in [0.1, 0.15) is 0 Å². The van der Waals surface area contributed by atoms with E-state index in [0.717, 1.165) is 6.42 Å². The topological polar surface area (TPSA) is 85.4 Å². The van der Waals surface area contributed by atoms with Gasteiger partial charge >= 0.3 is 0 Å². The molecule has 3 N–H and O–H groups in total. The molecule has 0 spiro atoms. The first-order chi connectivity index (χ1) is 8.10. The van der Waals surface area contributed by atoms with Crippen LogP contribution in [0.5, 0.6) is 5.88 Å². The molecule has 1 unspecified atom stereocenters. The lowest BCUT2D eigenvalue weighted by molar-refractivity contribution is 0.0789. The van der Waals surface area contributed by atoms with Gasteiger partial charge in [-0.1, -0.05) is 0 Å². The minimum absolute atomic E-state index is 0.218. The van der Waals surface area contributed by atoms with E-state index in [1.54, 1.807) is 4.90 Å². The lowest BCUT2D eigenvalue weighted by Gasteiger charge is -2.16. The molecule has 1 aliphatic heterocycles. The number of carbonyl (C=O) groups is 1. The van der Waals surface area contributed by atoms with Crippen molar-refractivity contribution in [1.82, 2.24) is 15.2 Å². The van der Waals surface area contributed by atoms with Crippen LogP contribution < -0.4 is 10.9 Å². The molecular weight excluding hydrogens is 222 g/mol. The zero-order chi connectivity index (χ0) is 12.4. The first-order valence-electron chi connectivity index (χ1n) is 5.50. The Balaban J connectivity index is 2.17. The Bertz CT molecular complexity index is 483. The van der Waals surface area contributed by atoms with Gasteiger partial charge in [0.15, 0.2) is 5.88 Å². The number of aromatic nitrogens is 1. The smallest absolute Gasteiger partial charge is 0.254 e. The number of likely N-dealkylation sites (tertiary alicyclic amines) is 1. The third-order valence-electron chi connectivity index (χ3n) is 2.96. The van der Waals surface area contributed by atoms with Crippen LogP contribution in [0.4, 0.5) is 0 Å². The molecule has 1 saturated heterocycles. The molecule has 1 fully saturated rings. The highest BCUT2D eigenvalue weighted by Crippen LogP contribution is 2.14. The van der Waals surface area contributed by atoms with Crippen LogP contribution in [0.2, 0.25) is 0 Å². The van der Waals surface area contributed by atoms with Crippen molar-refractivity contribution in [2.45, 2.75) is 12.5 Å². The number of rotatable bonds is 2. The predicted molar refractivity (Wildman–Crippen MR) is 62.1 cm³/mol. The number of likely N-dealkylation sites (N-methyl/N-ethyl adjacent to an activating group) is 1. The van der Waals surface area contributed by atoms with E-state index in [1.165, 1.54) is 12.1 Å². The number of nitrogens with one attached hydrogen (secondary N) is 2. The molecule has 6 heteroatoms. The van der Waals surface area contributed by atoms with Crippen molar-refractivity contribution in [3.8, 4) is 5.88 Å². The number of hydrogen-bond acceptors (Lipinski definition) is 4. The van der Waals surface area contributed by atoms with Crippen molar-refractivity contribution < 1.29 is 9.90 Å². The molecule has 0 aliphatic carbocycles. The van der Waals surface area contributed by atoms with Crippen molar-refractivity contribution in [2.75, 3.05) is 20.1 Å². The van der Waals surface area contributed by atoms with Gasteiger partial charge in [-0.05, 0) is 13.5 Å². The molecule has 6 nitrogen and oxygen atoms in total.